The minimum absolute atomic E-state index is 0.639. The summed E-state index contributed by atoms with van der Waals surface area (Å²) in [5.41, 5.74) is 2.49. The molecule has 2 rings (SSSR count). The van der Waals surface area contributed by atoms with E-state index in [0.717, 1.165) is 10.9 Å². The molecule has 1 aliphatic carbocycles. The predicted molar refractivity (Wildman–Crippen MR) is 75.8 cm³/mol. The van der Waals surface area contributed by atoms with Crippen molar-refractivity contribution in [2.45, 2.75) is 52.0 Å². The van der Waals surface area contributed by atoms with E-state index in [4.69, 9.17) is 11.6 Å². The zero-order valence-corrected chi connectivity index (χ0v) is 11.6. The summed E-state index contributed by atoms with van der Waals surface area (Å²) in [6.45, 7) is 4.49. The summed E-state index contributed by atoms with van der Waals surface area (Å²) in [6.07, 6.45) is 6.68. The van der Waals surface area contributed by atoms with Crippen molar-refractivity contribution in [2.24, 2.45) is 5.92 Å². The molecule has 0 radical (unpaired) electrons. The van der Waals surface area contributed by atoms with E-state index in [1.54, 1.807) is 0 Å². The normalized spacial score (nSPS) is 25.4. The smallest absolute Gasteiger partial charge is 0.0410 e. The molecule has 1 aromatic carbocycles. The molecule has 0 bridgehead atoms. The molecule has 0 heterocycles. The van der Waals surface area contributed by atoms with Gasteiger partial charge in [-0.25, -0.2) is 0 Å². The molecule has 0 aromatic heterocycles. The lowest BCUT2D eigenvalue weighted by Crippen LogP contribution is -2.18. The quantitative estimate of drug-likeness (QED) is 0.727. The zero-order valence-electron chi connectivity index (χ0n) is 10.8. The van der Waals surface area contributed by atoms with Gasteiger partial charge in [0.2, 0.25) is 0 Å². The molecule has 2 heteroatoms. The Kier molecular flexibility index (Phi) is 4.33. The average molecular weight is 252 g/mol. The minimum Gasteiger partial charge on any atom is -0.382 e. The second-order valence-corrected chi connectivity index (χ2v) is 5.85. The number of hydrogen-bond donors (Lipinski definition) is 1. The first-order chi connectivity index (χ1) is 8.15. The van der Waals surface area contributed by atoms with Crippen LogP contribution in [0, 0.1) is 12.8 Å². The third-order valence-corrected chi connectivity index (χ3v) is 4.04. The molecule has 1 N–H and O–H groups in total. The van der Waals surface area contributed by atoms with Crippen molar-refractivity contribution in [1.82, 2.24) is 0 Å². The number of benzene rings is 1. The van der Waals surface area contributed by atoms with Gasteiger partial charge < -0.3 is 5.32 Å². The SMILES string of the molecule is Cc1cc(Cl)ccc1NC1CCCC(C)CC1. The number of rotatable bonds is 2. The van der Waals surface area contributed by atoms with E-state index in [1.807, 2.05) is 12.1 Å². The Balaban J connectivity index is 2.00. The Morgan fingerprint density at radius 3 is 2.76 bits per heavy atom. The van der Waals surface area contributed by atoms with Crippen molar-refractivity contribution in [3.05, 3.63) is 28.8 Å². The topological polar surface area (TPSA) is 12.0 Å². The van der Waals surface area contributed by atoms with Crippen LogP contribution >= 0.6 is 11.6 Å². The first kappa shape index (κ1) is 12.8. The third-order valence-electron chi connectivity index (χ3n) is 3.81. The van der Waals surface area contributed by atoms with Crippen LogP contribution in [0.15, 0.2) is 18.2 Å². The summed E-state index contributed by atoms with van der Waals surface area (Å²) in [5, 5.41) is 4.50. The van der Waals surface area contributed by atoms with Crippen molar-refractivity contribution in [3.63, 3.8) is 0 Å². The Bertz CT molecular complexity index is 375. The van der Waals surface area contributed by atoms with Crippen LogP contribution in [-0.4, -0.2) is 6.04 Å². The number of hydrogen-bond acceptors (Lipinski definition) is 1. The van der Waals surface area contributed by atoms with E-state index in [-0.39, 0.29) is 0 Å². The Morgan fingerprint density at radius 2 is 2.00 bits per heavy atom. The lowest BCUT2D eigenvalue weighted by molar-refractivity contribution is 0.502. The van der Waals surface area contributed by atoms with Crippen LogP contribution < -0.4 is 5.32 Å². The molecule has 2 atom stereocenters. The summed E-state index contributed by atoms with van der Waals surface area (Å²) < 4.78 is 0. The van der Waals surface area contributed by atoms with E-state index in [1.165, 1.54) is 43.4 Å². The fraction of sp³-hybridized carbons (Fsp3) is 0.600. The van der Waals surface area contributed by atoms with Crippen LogP contribution in [0.2, 0.25) is 5.02 Å². The zero-order chi connectivity index (χ0) is 12.3. The number of anilines is 1. The van der Waals surface area contributed by atoms with E-state index in [9.17, 15) is 0 Å². The van der Waals surface area contributed by atoms with Gasteiger partial charge in [-0.1, -0.05) is 31.4 Å². The van der Waals surface area contributed by atoms with Crippen molar-refractivity contribution in [3.8, 4) is 0 Å². The molecule has 1 nitrogen and oxygen atoms in total. The molecule has 1 aromatic rings. The van der Waals surface area contributed by atoms with E-state index >= 15 is 0 Å². The van der Waals surface area contributed by atoms with Gasteiger partial charge in [0.15, 0.2) is 0 Å². The summed E-state index contributed by atoms with van der Waals surface area (Å²) in [4.78, 5) is 0. The molecular weight excluding hydrogens is 230 g/mol. The van der Waals surface area contributed by atoms with Gasteiger partial charge in [-0.15, -0.1) is 0 Å². The van der Waals surface area contributed by atoms with Crippen molar-refractivity contribution in [1.29, 1.82) is 0 Å². The Hall–Kier alpha value is -0.690. The molecule has 0 aliphatic heterocycles. The maximum atomic E-state index is 5.98. The Labute approximate surface area is 110 Å². The first-order valence-electron chi connectivity index (χ1n) is 6.68. The van der Waals surface area contributed by atoms with Crippen molar-refractivity contribution >= 4 is 17.3 Å². The fourth-order valence-electron chi connectivity index (χ4n) is 2.64. The number of halogens is 1. The summed E-state index contributed by atoms with van der Waals surface area (Å²) in [6, 6.07) is 6.74. The van der Waals surface area contributed by atoms with Crippen LogP contribution in [-0.2, 0) is 0 Å². The van der Waals surface area contributed by atoms with Gasteiger partial charge in [0.1, 0.15) is 0 Å². The second kappa shape index (κ2) is 5.77. The highest BCUT2D eigenvalue weighted by Gasteiger charge is 2.16. The van der Waals surface area contributed by atoms with Crippen molar-refractivity contribution in [2.75, 3.05) is 5.32 Å². The summed E-state index contributed by atoms with van der Waals surface area (Å²) in [5.74, 6) is 0.896. The maximum absolute atomic E-state index is 5.98. The largest absolute Gasteiger partial charge is 0.382 e. The molecule has 2 unspecified atom stereocenters. The fourth-order valence-corrected chi connectivity index (χ4v) is 2.87. The van der Waals surface area contributed by atoms with Gasteiger partial charge >= 0.3 is 0 Å². The monoisotopic (exact) mass is 251 g/mol. The van der Waals surface area contributed by atoms with E-state index < -0.39 is 0 Å². The van der Waals surface area contributed by atoms with Gasteiger partial charge in [0.25, 0.3) is 0 Å². The molecule has 1 aliphatic rings. The van der Waals surface area contributed by atoms with Crippen LogP contribution in [0.1, 0.15) is 44.6 Å². The lowest BCUT2D eigenvalue weighted by atomic mass is 10.0. The maximum Gasteiger partial charge on any atom is 0.0410 e. The van der Waals surface area contributed by atoms with Crippen LogP contribution in [0.4, 0.5) is 5.69 Å². The van der Waals surface area contributed by atoms with Crippen LogP contribution in [0.5, 0.6) is 0 Å². The molecule has 94 valence electrons. The highest BCUT2D eigenvalue weighted by atomic mass is 35.5. The number of aryl methyl sites for hydroxylation is 1. The molecule has 1 saturated carbocycles. The van der Waals surface area contributed by atoms with Crippen LogP contribution in [0.25, 0.3) is 0 Å². The molecule has 0 spiro atoms. The van der Waals surface area contributed by atoms with Gasteiger partial charge in [0, 0.05) is 16.8 Å². The molecule has 0 saturated heterocycles. The summed E-state index contributed by atoms with van der Waals surface area (Å²) in [7, 11) is 0. The van der Waals surface area contributed by atoms with Gasteiger partial charge in [-0.3, -0.25) is 0 Å². The van der Waals surface area contributed by atoms with Gasteiger partial charge in [-0.2, -0.15) is 0 Å². The minimum atomic E-state index is 0.639. The van der Waals surface area contributed by atoms with Gasteiger partial charge in [-0.05, 0) is 55.9 Å². The standard InChI is InChI=1S/C15H22ClN/c1-11-4-3-5-14(8-6-11)17-15-9-7-13(16)10-12(15)2/h7,9-11,14,17H,3-6,8H2,1-2H3. The molecule has 1 fully saturated rings. The first-order valence-corrected chi connectivity index (χ1v) is 7.05. The van der Waals surface area contributed by atoms with E-state index in [0.29, 0.717) is 6.04 Å². The second-order valence-electron chi connectivity index (χ2n) is 5.41. The van der Waals surface area contributed by atoms with E-state index in [2.05, 4.69) is 25.2 Å². The lowest BCUT2D eigenvalue weighted by Gasteiger charge is -2.19. The highest BCUT2D eigenvalue weighted by molar-refractivity contribution is 6.30. The number of nitrogens with one attached hydrogen (secondary N) is 1. The van der Waals surface area contributed by atoms with Crippen molar-refractivity contribution < 1.29 is 0 Å². The highest BCUT2D eigenvalue weighted by Crippen LogP contribution is 2.27. The average Bonchev–Trinajstić information content (AvgIpc) is 2.48. The third kappa shape index (κ3) is 3.64. The molecule has 0 amide bonds. The summed E-state index contributed by atoms with van der Waals surface area (Å²) >= 11 is 5.98. The molecular formula is C15H22ClN. The van der Waals surface area contributed by atoms with Gasteiger partial charge in [0.05, 0.1) is 0 Å². The predicted octanol–water partition coefficient (Wildman–Crippen LogP) is 5.03. The molecule has 17 heavy (non-hydrogen) atoms. The van der Waals surface area contributed by atoms with Crippen LogP contribution in [0.3, 0.4) is 0 Å². The Morgan fingerprint density at radius 1 is 1.18 bits per heavy atom.